The molecular formula is C11H13N3O2S. The van der Waals surface area contributed by atoms with Crippen LogP contribution in [0.5, 0.6) is 11.5 Å². The maximum Gasteiger partial charge on any atom is 0.158 e. The van der Waals surface area contributed by atoms with E-state index in [9.17, 15) is 10.2 Å². The number of aromatic nitrogens is 2. The summed E-state index contributed by atoms with van der Waals surface area (Å²) in [6, 6.07) is 4.76. The lowest BCUT2D eigenvalue weighted by atomic mass is 10.2. The number of benzene rings is 1. The molecule has 0 fully saturated rings. The Morgan fingerprint density at radius 2 is 2.00 bits per heavy atom. The van der Waals surface area contributed by atoms with Crippen molar-refractivity contribution in [2.24, 2.45) is 0 Å². The van der Waals surface area contributed by atoms with Gasteiger partial charge < -0.3 is 15.5 Å². The van der Waals surface area contributed by atoms with Crippen LogP contribution in [0.15, 0.2) is 18.2 Å². The van der Waals surface area contributed by atoms with Crippen LogP contribution in [-0.2, 0) is 0 Å². The second kappa shape index (κ2) is 4.68. The lowest BCUT2D eigenvalue weighted by Crippen LogP contribution is -2.11. The summed E-state index contributed by atoms with van der Waals surface area (Å²) in [5, 5.41) is 31.5. The molecule has 17 heavy (non-hydrogen) atoms. The molecule has 0 spiro atoms. The Hall–Kier alpha value is -1.66. The molecule has 2 rings (SSSR count). The maximum absolute atomic E-state index is 9.42. The standard InChI is InChI=1S/C11H13N3O2S/c1-6(12-2)10-13-14-11(17-10)7-3-4-8(15)9(16)5-7/h3-6,12,15-16H,1-2H3. The molecule has 0 aliphatic heterocycles. The van der Waals surface area contributed by atoms with Gasteiger partial charge in [-0.05, 0) is 32.2 Å². The number of phenolic OH excluding ortho intramolecular Hbond substituents is 2. The van der Waals surface area contributed by atoms with Gasteiger partial charge in [-0.2, -0.15) is 0 Å². The van der Waals surface area contributed by atoms with Crippen molar-refractivity contribution in [3.8, 4) is 22.1 Å². The van der Waals surface area contributed by atoms with Crippen LogP contribution in [0.2, 0.25) is 0 Å². The van der Waals surface area contributed by atoms with Gasteiger partial charge in [0.15, 0.2) is 11.5 Å². The molecule has 90 valence electrons. The predicted molar refractivity (Wildman–Crippen MR) is 66.1 cm³/mol. The average molecular weight is 251 g/mol. The topological polar surface area (TPSA) is 78.3 Å². The van der Waals surface area contributed by atoms with Gasteiger partial charge in [-0.15, -0.1) is 10.2 Å². The lowest BCUT2D eigenvalue weighted by Gasteiger charge is -2.03. The molecule has 1 heterocycles. The lowest BCUT2D eigenvalue weighted by molar-refractivity contribution is 0.404. The Bertz CT molecular complexity index is 527. The molecule has 1 atom stereocenters. The number of phenols is 2. The van der Waals surface area contributed by atoms with Crippen LogP contribution in [0.25, 0.3) is 10.6 Å². The minimum atomic E-state index is -0.152. The van der Waals surface area contributed by atoms with Crippen molar-refractivity contribution in [2.75, 3.05) is 7.05 Å². The van der Waals surface area contributed by atoms with Crippen molar-refractivity contribution >= 4 is 11.3 Å². The Balaban J connectivity index is 2.33. The number of hydrogen-bond acceptors (Lipinski definition) is 6. The summed E-state index contributed by atoms with van der Waals surface area (Å²) in [5.74, 6) is -0.289. The maximum atomic E-state index is 9.42. The quantitative estimate of drug-likeness (QED) is 0.726. The molecule has 2 aromatic rings. The summed E-state index contributed by atoms with van der Waals surface area (Å²) >= 11 is 1.46. The fraction of sp³-hybridized carbons (Fsp3) is 0.273. The van der Waals surface area contributed by atoms with Gasteiger partial charge in [-0.25, -0.2) is 0 Å². The van der Waals surface area contributed by atoms with Crippen molar-refractivity contribution < 1.29 is 10.2 Å². The van der Waals surface area contributed by atoms with Crippen LogP contribution >= 0.6 is 11.3 Å². The zero-order valence-corrected chi connectivity index (χ0v) is 10.3. The summed E-state index contributed by atoms with van der Waals surface area (Å²) in [5.41, 5.74) is 0.743. The van der Waals surface area contributed by atoms with Gasteiger partial charge in [0.25, 0.3) is 0 Å². The number of rotatable bonds is 3. The monoisotopic (exact) mass is 251 g/mol. The molecule has 0 bridgehead atoms. The summed E-state index contributed by atoms with van der Waals surface area (Å²) in [7, 11) is 1.86. The molecule has 0 aliphatic carbocycles. The van der Waals surface area contributed by atoms with E-state index in [1.54, 1.807) is 6.07 Å². The zero-order chi connectivity index (χ0) is 12.4. The SMILES string of the molecule is CNC(C)c1nnc(-c2ccc(O)c(O)c2)s1. The highest BCUT2D eigenvalue weighted by molar-refractivity contribution is 7.14. The van der Waals surface area contributed by atoms with Crippen LogP contribution in [0.1, 0.15) is 18.0 Å². The van der Waals surface area contributed by atoms with E-state index < -0.39 is 0 Å². The highest BCUT2D eigenvalue weighted by atomic mass is 32.1. The van der Waals surface area contributed by atoms with Crippen molar-refractivity contribution in [2.45, 2.75) is 13.0 Å². The van der Waals surface area contributed by atoms with E-state index in [-0.39, 0.29) is 17.5 Å². The second-order valence-electron chi connectivity index (χ2n) is 3.66. The van der Waals surface area contributed by atoms with Gasteiger partial charge in [-0.1, -0.05) is 11.3 Å². The zero-order valence-electron chi connectivity index (χ0n) is 9.51. The summed E-state index contributed by atoms with van der Waals surface area (Å²) in [6.07, 6.45) is 0. The first-order valence-electron chi connectivity index (χ1n) is 5.15. The predicted octanol–water partition coefficient (Wildman–Crippen LogP) is 1.90. The molecule has 0 radical (unpaired) electrons. The normalized spacial score (nSPS) is 12.6. The first-order chi connectivity index (χ1) is 8.11. The molecule has 1 unspecified atom stereocenters. The number of hydrogen-bond donors (Lipinski definition) is 3. The van der Waals surface area contributed by atoms with E-state index in [2.05, 4.69) is 15.5 Å². The first kappa shape index (κ1) is 11.8. The molecule has 0 aliphatic rings. The molecule has 0 saturated carbocycles. The molecule has 0 saturated heterocycles. The fourth-order valence-electron chi connectivity index (χ4n) is 1.31. The van der Waals surface area contributed by atoms with Crippen molar-refractivity contribution in [1.82, 2.24) is 15.5 Å². The van der Waals surface area contributed by atoms with Crippen LogP contribution in [0.4, 0.5) is 0 Å². The second-order valence-corrected chi connectivity index (χ2v) is 4.67. The third-order valence-electron chi connectivity index (χ3n) is 2.47. The summed E-state index contributed by atoms with van der Waals surface area (Å²) in [6.45, 7) is 2.00. The van der Waals surface area contributed by atoms with Crippen LogP contribution < -0.4 is 5.32 Å². The van der Waals surface area contributed by atoms with Crippen LogP contribution in [0, 0.1) is 0 Å². The number of aromatic hydroxyl groups is 2. The van der Waals surface area contributed by atoms with Gasteiger partial charge in [0.05, 0.1) is 6.04 Å². The van der Waals surface area contributed by atoms with Crippen molar-refractivity contribution in [3.63, 3.8) is 0 Å². The molecule has 1 aromatic heterocycles. The largest absolute Gasteiger partial charge is 0.504 e. The molecule has 1 aromatic carbocycles. The highest BCUT2D eigenvalue weighted by Gasteiger charge is 2.12. The Morgan fingerprint density at radius 3 is 2.65 bits per heavy atom. The number of nitrogens with zero attached hydrogens (tertiary/aromatic N) is 2. The van der Waals surface area contributed by atoms with Gasteiger partial charge in [0.1, 0.15) is 10.0 Å². The van der Waals surface area contributed by atoms with E-state index in [0.717, 1.165) is 15.6 Å². The van der Waals surface area contributed by atoms with E-state index in [1.165, 1.54) is 23.5 Å². The van der Waals surface area contributed by atoms with E-state index in [4.69, 9.17) is 0 Å². The van der Waals surface area contributed by atoms with E-state index in [1.807, 2.05) is 14.0 Å². The van der Waals surface area contributed by atoms with Gasteiger partial charge in [0, 0.05) is 5.56 Å². The molecule has 6 heteroatoms. The van der Waals surface area contributed by atoms with E-state index in [0.29, 0.717) is 0 Å². The number of nitrogens with one attached hydrogen (secondary N) is 1. The third-order valence-corrected chi connectivity index (χ3v) is 3.62. The smallest absolute Gasteiger partial charge is 0.158 e. The third kappa shape index (κ3) is 2.37. The Labute approximate surface area is 103 Å². The van der Waals surface area contributed by atoms with Crippen molar-refractivity contribution in [1.29, 1.82) is 0 Å². The van der Waals surface area contributed by atoms with Gasteiger partial charge >= 0.3 is 0 Å². The van der Waals surface area contributed by atoms with Crippen molar-refractivity contribution in [3.05, 3.63) is 23.2 Å². The highest BCUT2D eigenvalue weighted by Crippen LogP contribution is 2.32. The minimum absolute atomic E-state index is 0.137. The fourth-order valence-corrected chi connectivity index (χ4v) is 2.21. The average Bonchev–Trinajstić information content (AvgIpc) is 2.81. The van der Waals surface area contributed by atoms with Crippen LogP contribution in [-0.4, -0.2) is 27.5 Å². The molecular weight excluding hydrogens is 238 g/mol. The molecule has 3 N–H and O–H groups in total. The molecule has 5 nitrogen and oxygen atoms in total. The Morgan fingerprint density at radius 1 is 1.24 bits per heavy atom. The van der Waals surface area contributed by atoms with Gasteiger partial charge in [0.2, 0.25) is 0 Å². The first-order valence-corrected chi connectivity index (χ1v) is 5.96. The van der Waals surface area contributed by atoms with E-state index >= 15 is 0 Å². The summed E-state index contributed by atoms with van der Waals surface area (Å²) < 4.78 is 0. The summed E-state index contributed by atoms with van der Waals surface area (Å²) in [4.78, 5) is 0. The van der Waals surface area contributed by atoms with Crippen LogP contribution in [0.3, 0.4) is 0 Å². The minimum Gasteiger partial charge on any atom is -0.504 e. The Kier molecular flexibility index (Phi) is 3.26. The van der Waals surface area contributed by atoms with Gasteiger partial charge in [-0.3, -0.25) is 0 Å². The molecule has 0 amide bonds.